The fourth-order valence-corrected chi connectivity index (χ4v) is 3.91. The van der Waals surface area contributed by atoms with Crippen LogP contribution in [0.3, 0.4) is 0 Å². The molecule has 0 radical (unpaired) electrons. The van der Waals surface area contributed by atoms with E-state index in [2.05, 4.69) is 27.7 Å². The van der Waals surface area contributed by atoms with Gasteiger partial charge in [0, 0.05) is 44.5 Å². The molecule has 2 aromatic carbocycles. The first-order valence-electron chi connectivity index (χ1n) is 10.0. The summed E-state index contributed by atoms with van der Waals surface area (Å²) in [6.07, 6.45) is 1.66. The summed E-state index contributed by atoms with van der Waals surface area (Å²) in [6.45, 7) is 3.72. The molecule has 2 aliphatic heterocycles. The van der Waals surface area contributed by atoms with Crippen molar-refractivity contribution in [2.45, 2.75) is 25.4 Å². The first-order chi connectivity index (χ1) is 14.1. The zero-order valence-corrected chi connectivity index (χ0v) is 16.2. The quantitative estimate of drug-likeness (QED) is 0.817. The van der Waals surface area contributed by atoms with Crippen LogP contribution in [0.25, 0.3) is 0 Å². The van der Waals surface area contributed by atoms with E-state index in [1.807, 2.05) is 18.2 Å². The molecule has 0 spiro atoms. The van der Waals surface area contributed by atoms with E-state index in [0.29, 0.717) is 18.8 Å². The number of nitrogens with one attached hydrogen (secondary N) is 2. The van der Waals surface area contributed by atoms with Gasteiger partial charge in [-0.2, -0.15) is 0 Å². The van der Waals surface area contributed by atoms with Gasteiger partial charge in [0.25, 0.3) is 5.91 Å². The molecule has 7 heteroatoms. The van der Waals surface area contributed by atoms with Crippen LogP contribution in [0.1, 0.15) is 28.8 Å². The predicted molar refractivity (Wildman–Crippen MR) is 109 cm³/mol. The average Bonchev–Trinajstić information content (AvgIpc) is 3.16. The molecule has 2 saturated heterocycles. The van der Waals surface area contributed by atoms with Gasteiger partial charge in [-0.05, 0) is 36.6 Å². The molecule has 0 saturated carbocycles. The van der Waals surface area contributed by atoms with Crippen LogP contribution < -0.4 is 15.5 Å². The summed E-state index contributed by atoms with van der Waals surface area (Å²) in [6, 6.07) is 14.3. The molecule has 29 heavy (non-hydrogen) atoms. The van der Waals surface area contributed by atoms with Gasteiger partial charge in [-0.1, -0.05) is 30.3 Å². The highest BCUT2D eigenvalue weighted by Gasteiger charge is 2.25. The summed E-state index contributed by atoms with van der Waals surface area (Å²) in [5.41, 5.74) is 1.79. The summed E-state index contributed by atoms with van der Waals surface area (Å²) in [4.78, 5) is 28.4. The lowest BCUT2D eigenvalue weighted by Crippen LogP contribution is -2.44. The largest absolute Gasteiger partial charge is 0.349 e. The Morgan fingerprint density at radius 2 is 1.86 bits per heavy atom. The van der Waals surface area contributed by atoms with Gasteiger partial charge in [0.2, 0.25) is 0 Å². The van der Waals surface area contributed by atoms with Crippen molar-refractivity contribution >= 4 is 17.6 Å². The lowest BCUT2D eigenvalue weighted by molar-refractivity contribution is 0.0905. The molecule has 0 aliphatic carbocycles. The minimum atomic E-state index is -0.577. The maximum absolute atomic E-state index is 14.3. The Balaban J connectivity index is 1.34. The van der Waals surface area contributed by atoms with Gasteiger partial charge in [-0.25, -0.2) is 9.18 Å². The van der Waals surface area contributed by atoms with E-state index in [0.717, 1.165) is 32.5 Å². The third-order valence-electron chi connectivity index (χ3n) is 5.53. The Morgan fingerprint density at radius 3 is 2.55 bits per heavy atom. The Hall–Kier alpha value is -2.93. The van der Waals surface area contributed by atoms with Crippen molar-refractivity contribution in [3.05, 3.63) is 65.5 Å². The van der Waals surface area contributed by atoms with Crippen molar-refractivity contribution in [3.63, 3.8) is 0 Å². The first-order valence-corrected chi connectivity index (χ1v) is 10.0. The minimum Gasteiger partial charge on any atom is -0.349 e. The van der Waals surface area contributed by atoms with Gasteiger partial charge in [-0.15, -0.1) is 0 Å². The number of benzene rings is 2. The normalized spacial score (nSPS) is 18.0. The van der Waals surface area contributed by atoms with Crippen molar-refractivity contribution in [3.8, 4) is 0 Å². The second-order valence-electron chi connectivity index (χ2n) is 7.56. The maximum atomic E-state index is 14.3. The third kappa shape index (κ3) is 4.56. The van der Waals surface area contributed by atoms with E-state index < -0.39 is 11.7 Å². The molecule has 2 heterocycles. The zero-order chi connectivity index (χ0) is 20.2. The van der Waals surface area contributed by atoms with Gasteiger partial charge in [0.15, 0.2) is 0 Å². The van der Waals surface area contributed by atoms with E-state index in [1.54, 1.807) is 0 Å². The van der Waals surface area contributed by atoms with Crippen LogP contribution in [0.4, 0.5) is 14.9 Å². The topological polar surface area (TPSA) is 64.7 Å². The van der Waals surface area contributed by atoms with Crippen molar-refractivity contribution in [1.29, 1.82) is 0 Å². The molecule has 0 aromatic heterocycles. The summed E-state index contributed by atoms with van der Waals surface area (Å²) >= 11 is 0. The molecule has 3 amide bonds. The highest BCUT2D eigenvalue weighted by molar-refractivity contribution is 5.98. The molecule has 0 unspecified atom stereocenters. The molecule has 0 atom stereocenters. The van der Waals surface area contributed by atoms with Gasteiger partial charge in [0.05, 0.1) is 5.56 Å². The maximum Gasteiger partial charge on any atom is 0.321 e. The van der Waals surface area contributed by atoms with Crippen molar-refractivity contribution in [1.82, 2.24) is 15.5 Å². The second-order valence-corrected chi connectivity index (χ2v) is 7.56. The van der Waals surface area contributed by atoms with Gasteiger partial charge < -0.3 is 10.6 Å². The molecular formula is C22H25FN4O2. The van der Waals surface area contributed by atoms with E-state index in [9.17, 15) is 14.0 Å². The van der Waals surface area contributed by atoms with Gasteiger partial charge >= 0.3 is 6.03 Å². The third-order valence-corrected chi connectivity index (χ3v) is 5.53. The number of halogens is 1. The molecule has 2 aromatic rings. The average molecular weight is 396 g/mol. The molecule has 6 nitrogen and oxygen atoms in total. The highest BCUT2D eigenvalue weighted by atomic mass is 19.1. The van der Waals surface area contributed by atoms with Crippen LogP contribution in [0, 0.1) is 5.82 Å². The molecule has 2 aliphatic rings. The van der Waals surface area contributed by atoms with Crippen LogP contribution in [0.5, 0.6) is 0 Å². The summed E-state index contributed by atoms with van der Waals surface area (Å²) in [5.74, 6) is -1.00. The summed E-state index contributed by atoms with van der Waals surface area (Å²) < 4.78 is 14.3. The fourth-order valence-electron chi connectivity index (χ4n) is 3.91. The van der Waals surface area contributed by atoms with Crippen LogP contribution in [0.2, 0.25) is 0 Å². The SMILES string of the molecule is O=C(NC1CCN(Cc2ccccc2)CC1)c1cc(N2CCNC2=O)ccc1F. The molecule has 4 rings (SSSR count). The van der Waals surface area contributed by atoms with Crippen LogP contribution >= 0.6 is 0 Å². The molecule has 152 valence electrons. The number of piperidine rings is 1. The second kappa shape index (κ2) is 8.61. The first kappa shape index (κ1) is 19.4. The fraction of sp³-hybridized carbons (Fsp3) is 0.364. The lowest BCUT2D eigenvalue weighted by Gasteiger charge is -2.32. The number of hydrogen-bond acceptors (Lipinski definition) is 3. The smallest absolute Gasteiger partial charge is 0.321 e. The Morgan fingerprint density at radius 1 is 1.10 bits per heavy atom. The standard InChI is InChI=1S/C22H25FN4O2/c23-20-7-6-18(27-13-10-24-22(27)29)14-19(20)21(28)25-17-8-11-26(12-9-17)15-16-4-2-1-3-5-16/h1-7,14,17H,8-13,15H2,(H,24,29)(H,25,28). The number of anilines is 1. The van der Waals surface area contributed by atoms with Crippen molar-refractivity contribution < 1.29 is 14.0 Å². The number of hydrogen-bond donors (Lipinski definition) is 2. The molecule has 0 bridgehead atoms. The van der Waals surface area contributed by atoms with E-state index in [4.69, 9.17) is 0 Å². The molecular weight excluding hydrogens is 371 g/mol. The number of rotatable bonds is 5. The lowest BCUT2D eigenvalue weighted by atomic mass is 10.0. The number of likely N-dealkylation sites (tertiary alicyclic amines) is 1. The van der Waals surface area contributed by atoms with Crippen molar-refractivity contribution in [2.75, 3.05) is 31.1 Å². The number of urea groups is 1. The molecule has 2 N–H and O–H groups in total. The highest BCUT2D eigenvalue weighted by Crippen LogP contribution is 2.21. The number of amides is 3. The Labute approximate surface area is 169 Å². The predicted octanol–water partition coefficient (Wildman–Crippen LogP) is 2.75. The van der Waals surface area contributed by atoms with E-state index >= 15 is 0 Å². The van der Waals surface area contributed by atoms with Crippen LogP contribution in [0.15, 0.2) is 48.5 Å². The van der Waals surface area contributed by atoms with Crippen LogP contribution in [-0.2, 0) is 6.54 Å². The van der Waals surface area contributed by atoms with Crippen LogP contribution in [-0.4, -0.2) is 49.1 Å². The number of carbonyl (C=O) groups excluding carboxylic acids is 2. The zero-order valence-electron chi connectivity index (χ0n) is 16.2. The minimum absolute atomic E-state index is 0.0195. The van der Waals surface area contributed by atoms with Gasteiger partial charge in [0.1, 0.15) is 5.82 Å². The van der Waals surface area contributed by atoms with Gasteiger partial charge in [-0.3, -0.25) is 14.6 Å². The summed E-state index contributed by atoms with van der Waals surface area (Å²) in [7, 11) is 0. The Bertz CT molecular complexity index is 882. The van der Waals surface area contributed by atoms with E-state index in [1.165, 1.54) is 28.7 Å². The van der Waals surface area contributed by atoms with Crippen molar-refractivity contribution in [2.24, 2.45) is 0 Å². The Kier molecular flexibility index (Phi) is 5.76. The number of carbonyl (C=O) groups is 2. The number of nitrogens with zero attached hydrogens (tertiary/aromatic N) is 2. The molecule has 2 fully saturated rings. The summed E-state index contributed by atoms with van der Waals surface area (Å²) in [5, 5.41) is 5.67. The monoisotopic (exact) mass is 396 g/mol. The van der Waals surface area contributed by atoms with E-state index in [-0.39, 0.29) is 17.6 Å².